The molecule has 1 amide bonds. The van der Waals surface area contributed by atoms with Crippen molar-refractivity contribution in [3.63, 3.8) is 0 Å². The van der Waals surface area contributed by atoms with E-state index in [0.717, 1.165) is 38.1 Å². The van der Waals surface area contributed by atoms with Gasteiger partial charge in [-0.05, 0) is 25.3 Å². The number of rotatable bonds is 7. The average Bonchev–Trinajstić information content (AvgIpc) is 2.98. The van der Waals surface area contributed by atoms with E-state index in [-0.39, 0.29) is 12.0 Å². The normalized spacial score (nSPS) is 21.2. The molecule has 2 rings (SSSR count). The zero-order chi connectivity index (χ0) is 15.1. The van der Waals surface area contributed by atoms with Gasteiger partial charge in [0, 0.05) is 31.8 Å². The van der Waals surface area contributed by atoms with E-state index in [0.29, 0.717) is 18.0 Å². The molecular weight excluding hydrogens is 266 g/mol. The zero-order valence-electron chi connectivity index (χ0n) is 12.9. The Balaban J connectivity index is 1.94. The molecule has 0 aliphatic carbocycles. The molecule has 1 fully saturated rings. The molecule has 2 unspecified atom stereocenters. The Morgan fingerprint density at radius 1 is 1.48 bits per heavy atom. The second kappa shape index (κ2) is 7.98. The summed E-state index contributed by atoms with van der Waals surface area (Å²) in [5.74, 6) is 0.380. The predicted octanol–water partition coefficient (Wildman–Crippen LogP) is 2.45. The molecule has 1 aliphatic rings. The zero-order valence-corrected chi connectivity index (χ0v) is 12.9. The topological polar surface area (TPSA) is 63.2 Å². The fourth-order valence-corrected chi connectivity index (χ4v) is 2.69. The third-order valence-electron chi connectivity index (χ3n) is 3.90. The average molecular weight is 291 g/mol. The van der Waals surface area contributed by atoms with E-state index in [1.165, 1.54) is 0 Å². The number of nitrogens with one attached hydrogen (secondary N) is 2. The van der Waals surface area contributed by atoms with Crippen LogP contribution >= 0.6 is 0 Å². The Kier molecular flexibility index (Phi) is 5.99. The molecule has 2 heterocycles. The van der Waals surface area contributed by atoms with Crippen LogP contribution in [0.5, 0.6) is 0 Å². The van der Waals surface area contributed by atoms with Gasteiger partial charge in [0.15, 0.2) is 0 Å². The summed E-state index contributed by atoms with van der Waals surface area (Å²) in [5, 5.41) is 6.28. The van der Waals surface area contributed by atoms with Crippen molar-refractivity contribution in [1.29, 1.82) is 0 Å². The first kappa shape index (κ1) is 15.8. The monoisotopic (exact) mass is 291 g/mol. The second-order valence-electron chi connectivity index (χ2n) is 5.42. The molecule has 116 valence electrons. The third kappa shape index (κ3) is 4.17. The van der Waals surface area contributed by atoms with Crippen molar-refractivity contribution in [1.82, 2.24) is 10.3 Å². The van der Waals surface area contributed by atoms with E-state index < -0.39 is 0 Å². The van der Waals surface area contributed by atoms with Crippen molar-refractivity contribution >= 4 is 11.6 Å². The minimum absolute atomic E-state index is 0.0437. The molecule has 21 heavy (non-hydrogen) atoms. The number of carbonyl (C=O) groups is 1. The van der Waals surface area contributed by atoms with Gasteiger partial charge in [0.1, 0.15) is 0 Å². The van der Waals surface area contributed by atoms with Crippen molar-refractivity contribution in [2.45, 2.75) is 39.2 Å². The van der Waals surface area contributed by atoms with Crippen molar-refractivity contribution < 1.29 is 9.53 Å². The van der Waals surface area contributed by atoms with Crippen LogP contribution in [0.4, 0.5) is 5.69 Å². The Morgan fingerprint density at radius 2 is 2.33 bits per heavy atom. The van der Waals surface area contributed by atoms with Crippen molar-refractivity contribution in [2.75, 3.05) is 25.0 Å². The van der Waals surface area contributed by atoms with Gasteiger partial charge in [-0.2, -0.15) is 0 Å². The van der Waals surface area contributed by atoms with Crippen LogP contribution in [0, 0.1) is 5.92 Å². The number of amides is 1. The lowest BCUT2D eigenvalue weighted by molar-refractivity contribution is 0.0827. The first-order valence-corrected chi connectivity index (χ1v) is 7.83. The number of hydrogen-bond acceptors (Lipinski definition) is 4. The molecule has 5 heteroatoms. The van der Waals surface area contributed by atoms with Crippen LogP contribution in [0.1, 0.15) is 43.5 Å². The van der Waals surface area contributed by atoms with E-state index >= 15 is 0 Å². The van der Waals surface area contributed by atoms with E-state index in [4.69, 9.17) is 4.74 Å². The minimum atomic E-state index is -0.0437. The van der Waals surface area contributed by atoms with Gasteiger partial charge in [0.2, 0.25) is 0 Å². The first-order valence-electron chi connectivity index (χ1n) is 7.83. The Labute approximate surface area is 126 Å². The minimum Gasteiger partial charge on any atom is -0.383 e. The van der Waals surface area contributed by atoms with E-state index in [2.05, 4.69) is 29.5 Å². The number of aromatic nitrogens is 1. The largest absolute Gasteiger partial charge is 0.383 e. The summed E-state index contributed by atoms with van der Waals surface area (Å²) in [6, 6.07) is 1.76. The van der Waals surface area contributed by atoms with Crippen LogP contribution < -0.4 is 10.6 Å². The molecule has 0 aromatic carbocycles. The molecule has 2 atom stereocenters. The van der Waals surface area contributed by atoms with Gasteiger partial charge in [-0.25, -0.2) is 0 Å². The molecule has 1 aromatic rings. The highest BCUT2D eigenvalue weighted by atomic mass is 16.5. The summed E-state index contributed by atoms with van der Waals surface area (Å²) in [4.78, 5) is 16.4. The maximum absolute atomic E-state index is 12.4. The molecule has 1 aliphatic heterocycles. The molecule has 5 nitrogen and oxygen atoms in total. The van der Waals surface area contributed by atoms with E-state index in [1.807, 2.05) is 0 Å². The fourth-order valence-electron chi connectivity index (χ4n) is 2.69. The summed E-state index contributed by atoms with van der Waals surface area (Å²) in [7, 11) is 0. The Bertz CT molecular complexity index is 465. The van der Waals surface area contributed by atoms with Gasteiger partial charge in [0.05, 0.1) is 23.6 Å². The van der Waals surface area contributed by atoms with E-state index in [9.17, 15) is 4.79 Å². The number of pyridine rings is 1. The smallest absolute Gasteiger partial charge is 0.253 e. The lowest BCUT2D eigenvalue weighted by Gasteiger charge is -2.18. The van der Waals surface area contributed by atoms with Gasteiger partial charge in [0.25, 0.3) is 5.91 Å². The standard InChI is InChI=1S/C16H25N3O2/c1-3-7-18-14-11-17-8-5-13(14)16(20)19-10-12-6-9-21-15(12)4-2/h5,8,11-12,15,18H,3-4,6-7,9-10H2,1-2H3,(H,19,20). The van der Waals surface area contributed by atoms with Gasteiger partial charge < -0.3 is 15.4 Å². The summed E-state index contributed by atoms with van der Waals surface area (Å²) >= 11 is 0. The number of hydrogen-bond donors (Lipinski definition) is 2. The maximum atomic E-state index is 12.4. The summed E-state index contributed by atoms with van der Waals surface area (Å²) in [6.07, 6.45) is 6.67. The first-order chi connectivity index (χ1) is 10.3. The van der Waals surface area contributed by atoms with Crippen LogP contribution in [0.25, 0.3) is 0 Å². The lowest BCUT2D eigenvalue weighted by atomic mass is 9.99. The van der Waals surface area contributed by atoms with Crippen molar-refractivity contribution in [2.24, 2.45) is 5.92 Å². The SMILES string of the molecule is CCCNc1cnccc1C(=O)NCC1CCOC1CC. The van der Waals surface area contributed by atoms with Crippen molar-refractivity contribution in [3.8, 4) is 0 Å². The van der Waals surface area contributed by atoms with Gasteiger partial charge in [-0.3, -0.25) is 9.78 Å². The van der Waals surface area contributed by atoms with Gasteiger partial charge in [-0.15, -0.1) is 0 Å². The summed E-state index contributed by atoms with van der Waals surface area (Å²) in [6.45, 7) is 6.53. The second-order valence-corrected chi connectivity index (χ2v) is 5.42. The lowest BCUT2D eigenvalue weighted by Crippen LogP contribution is -2.33. The molecule has 0 bridgehead atoms. The highest BCUT2D eigenvalue weighted by Gasteiger charge is 2.27. The molecule has 1 saturated heterocycles. The summed E-state index contributed by atoms with van der Waals surface area (Å²) in [5.41, 5.74) is 1.46. The fraction of sp³-hybridized carbons (Fsp3) is 0.625. The highest BCUT2D eigenvalue weighted by Crippen LogP contribution is 2.22. The van der Waals surface area contributed by atoms with Crippen LogP contribution in [0.3, 0.4) is 0 Å². The van der Waals surface area contributed by atoms with Crippen LogP contribution in [0.15, 0.2) is 18.5 Å². The van der Waals surface area contributed by atoms with Gasteiger partial charge >= 0.3 is 0 Å². The van der Waals surface area contributed by atoms with Crippen molar-refractivity contribution in [3.05, 3.63) is 24.0 Å². The number of ether oxygens (including phenoxy) is 1. The number of nitrogens with zero attached hydrogens (tertiary/aromatic N) is 1. The number of anilines is 1. The molecule has 0 saturated carbocycles. The molecular formula is C16H25N3O2. The van der Waals surface area contributed by atoms with Gasteiger partial charge in [-0.1, -0.05) is 13.8 Å². The molecule has 2 N–H and O–H groups in total. The quantitative estimate of drug-likeness (QED) is 0.810. The van der Waals surface area contributed by atoms with Crippen LogP contribution in [-0.2, 0) is 4.74 Å². The molecule has 0 radical (unpaired) electrons. The Morgan fingerprint density at radius 3 is 3.10 bits per heavy atom. The Hall–Kier alpha value is -1.62. The number of carbonyl (C=O) groups excluding carboxylic acids is 1. The highest BCUT2D eigenvalue weighted by molar-refractivity contribution is 5.99. The summed E-state index contributed by atoms with van der Waals surface area (Å²) < 4.78 is 5.66. The predicted molar refractivity (Wildman–Crippen MR) is 83.5 cm³/mol. The maximum Gasteiger partial charge on any atom is 0.253 e. The van der Waals surface area contributed by atoms with E-state index in [1.54, 1.807) is 18.5 Å². The van der Waals surface area contributed by atoms with Crippen LogP contribution in [0.2, 0.25) is 0 Å². The molecule has 0 spiro atoms. The van der Waals surface area contributed by atoms with Crippen LogP contribution in [-0.4, -0.2) is 36.7 Å². The molecule has 1 aromatic heterocycles. The third-order valence-corrected chi connectivity index (χ3v) is 3.90.